The number of nitrogens with one attached hydrogen (secondary N) is 2. The fourth-order valence-electron chi connectivity index (χ4n) is 3.41. The Morgan fingerprint density at radius 2 is 2.03 bits per heavy atom. The van der Waals surface area contributed by atoms with Gasteiger partial charge in [0.1, 0.15) is 4.88 Å². The minimum atomic E-state index is -1.91. The lowest BCUT2D eigenvalue weighted by molar-refractivity contribution is 0.0533. The van der Waals surface area contributed by atoms with E-state index >= 15 is 0 Å². The summed E-state index contributed by atoms with van der Waals surface area (Å²) in [6.07, 6.45) is 6.51. The lowest BCUT2D eigenvalue weighted by atomic mass is 10.1. The topological polar surface area (TPSA) is 72.5 Å². The van der Waals surface area contributed by atoms with Gasteiger partial charge in [-0.1, -0.05) is 32.9 Å². The van der Waals surface area contributed by atoms with Gasteiger partial charge in [-0.2, -0.15) is 0 Å². The first-order valence-corrected chi connectivity index (χ1v) is 14.9. The third-order valence-corrected chi connectivity index (χ3v) is 11.7. The molecule has 0 fully saturated rings. The highest BCUT2D eigenvalue weighted by Gasteiger charge is 2.38. The van der Waals surface area contributed by atoms with Gasteiger partial charge in [-0.15, -0.1) is 11.3 Å². The van der Waals surface area contributed by atoms with Crippen LogP contribution >= 0.6 is 11.3 Å². The van der Waals surface area contributed by atoms with E-state index in [1.807, 2.05) is 19.1 Å². The Kier molecular flexibility index (Phi) is 6.35. The number of rotatable bonds is 7. The molecule has 0 amide bonds. The SMILES string of the molecule is CCOC(=O)c1sc2ccncc2c1Nc1ccc2c(c1)CC=C2NO[Si](C)(C)C(C)(C)C. The van der Waals surface area contributed by atoms with Gasteiger partial charge in [0.15, 0.2) is 0 Å². The summed E-state index contributed by atoms with van der Waals surface area (Å²) in [7, 11) is -1.91. The standard InChI is InChI=1S/C25H31N3O3SSi/c1-7-30-24(29)23-22(19-15-26-13-12-21(19)32-23)27-17-9-10-18-16(14-17)8-11-20(18)28-31-33(5,6)25(2,3)4/h9-15,27-28H,7-8H2,1-6H3. The number of anilines is 2. The Morgan fingerprint density at radius 3 is 2.76 bits per heavy atom. The van der Waals surface area contributed by atoms with Crippen LogP contribution in [0.15, 0.2) is 42.7 Å². The molecule has 0 saturated heterocycles. The molecule has 174 valence electrons. The van der Waals surface area contributed by atoms with Crippen molar-refractivity contribution < 1.29 is 14.1 Å². The van der Waals surface area contributed by atoms with Crippen molar-refractivity contribution in [2.45, 2.75) is 52.2 Å². The number of hydrogen-bond acceptors (Lipinski definition) is 7. The summed E-state index contributed by atoms with van der Waals surface area (Å²) in [6.45, 7) is 13.3. The smallest absolute Gasteiger partial charge is 0.350 e. The molecule has 1 aromatic carbocycles. The Morgan fingerprint density at radius 1 is 1.24 bits per heavy atom. The number of benzene rings is 1. The first kappa shape index (κ1) is 23.5. The van der Waals surface area contributed by atoms with Crippen LogP contribution < -0.4 is 10.8 Å². The van der Waals surface area contributed by atoms with Crippen molar-refractivity contribution in [3.8, 4) is 0 Å². The maximum absolute atomic E-state index is 12.6. The zero-order valence-electron chi connectivity index (χ0n) is 20.0. The Hall–Kier alpha value is -2.68. The number of allylic oxidation sites excluding steroid dienone is 1. The van der Waals surface area contributed by atoms with Crippen LogP contribution in [0.3, 0.4) is 0 Å². The van der Waals surface area contributed by atoms with E-state index in [1.54, 1.807) is 12.4 Å². The number of carbonyl (C=O) groups excluding carboxylic acids is 1. The quantitative estimate of drug-likeness (QED) is 0.224. The van der Waals surface area contributed by atoms with Gasteiger partial charge in [0, 0.05) is 33.7 Å². The fraction of sp³-hybridized carbons (Fsp3) is 0.360. The maximum Gasteiger partial charge on any atom is 0.350 e. The molecule has 2 heterocycles. The Labute approximate surface area is 200 Å². The third kappa shape index (κ3) is 4.69. The summed E-state index contributed by atoms with van der Waals surface area (Å²) >= 11 is 1.42. The van der Waals surface area contributed by atoms with Crippen molar-refractivity contribution in [1.82, 2.24) is 10.5 Å². The molecular formula is C25H31N3O3SSi. The highest BCUT2D eigenvalue weighted by Crippen LogP contribution is 2.39. The van der Waals surface area contributed by atoms with Crippen molar-refractivity contribution in [3.05, 3.63) is 58.7 Å². The molecule has 0 radical (unpaired) electrons. The molecule has 8 heteroatoms. The Bertz CT molecular complexity index is 1230. The normalized spacial score (nSPS) is 13.6. The van der Waals surface area contributed by atoms with Gasteiger partial charge in [0.2, 0.25) is 8.32 Å². The first-order chi connectivity index (χ1) is 15.6. The molecule has 0 saturated carbocycles. The molecule has 0 aliphatic heterocycles. The number of pyridine rings is 1. The fourth-order valence-corrected chi connectivity index (χ4v) is 5.10. The van der Waals surface area contributed by atoms with Crippen LogP contribution in [-0.2, 0) is 15.7 Å². The second-order valence-corrected chi connectivity index (χ2v) is 15.5. The van der Waals surface area contributed by atoms with Crippen LogP contribution in [0.4, 0.5) is 11.4 Å². The molecule has 0 unspecified atom stereocenters. The van der Waals surface area contributed by atoms with Crippen molar-refractivity contribution in [1.29, 1.82) is 0 Å². The number of thiophene rings is 1. The second kappa shape index (κ2) is 8.93. The van der Waals surface area contributed by atoms with Gasteiger partial charge in [-0.3, -0.25) is 10.5 Å². The summed E-state index contributed by atoms with van der Waals surface area (Å²) in [4.78, 5) is 17.4. The van der Waals surface area contributed by atoms with Gasteiger partial charge in [0.05, 0.1) is 18.0 Å². The number of esters is 1. The molecular weight excluding hydrogens is 450 g/mol. The summed E-state index contributed by atoms with van der Waals surface area (Å²) in [5.74, 6) is -0.321. The molecule has 1 aliphatic rings. The van der Waals surface area contributed by atoms with E-state index in [0.29, 0.717) is 11.5 Å². The minimum Gasteiger partial charge on any atom is -0.462 e. The largest absolute Gasteiger partial charge is 0.462 e. The van der Waals surface area contributed by atoms with E-state index < -0.39 is 8.32 Å². The Balaban J connectivity index is 1.57. The molecule has 6 nitrogen and oxygen atoms in total. The van der Waals surface area contributed by atoms with Gasteiger partial charge in [-0.05, 0) is 55.2 Å². The third-order valence-electron chi connectivity index (χ3n) is 6.36. The lowest BCUT2D eigenvalue weighted by Crippen LogP contribution is -2.44. The van der Waals surface area contributed by atoms with Crippen molar-refractivity contribution >= 4 is 52.8 Å². The van der Waals surface area contributed by atoms with Crippen LogP contribution in [0.25, 0.3) is 15.8 Å². The predicted octanol–water partition coefficient (Wildman–Crippen LogP) is 6.64. The lowest BCUT2D eigenvalue weighted by Gasteiger charge is -2.35. The van der Waals surface area contributed by atoms with Crippen LogP contribution in [-0.4, -0.2) is 25.9 Å². The molecule has 2 aromatic heterocycles. The number of carbonyl (C=O) groups is 1. The number of nitrogens with zero attached hydrogens (tertiary/aromatic N) is 1. The summed E-state index contributed by atoms with van der Waals surface area (Å²) < 4.78 is 12.5. The van der Waals surface area contributed by atoms with Gasteiger partial charge in [0.25, 0.3) is 0 Å². The molecule has 33 heavy (non-hydrogen) atoms. The highest BCUT2D eigenvalue weighted by atomic mass is 32.1. The van der Waals surface area contributed by atoms with E-state index in [-0.39, 0.29) is 11.0 Å². The number of ether oxygens (including phenoxy) is 1. The number of aromatic nitrogens is 1. The van der Waals surface area contributed by atoms with Crippen LogP contribution in [0.1, 0.15) is 48.5 Å². The molecule has 0 spiro atoms. The molecule has 3 aromatic rings. The summed E-state index contributed by atoms with van der Waals surface area (Å²) in [5.41, 5.74) is 8.27. The summed E-state index contributed by atoms with van der Waals surface area (Å²) in [5, 5.41) is 4.50. The maximum atomic E-state index is 12.6. The molecule has 0 atom stereocenters. The highest BCUT2D eigenvalue weighted by molar-refractivity contribution is 7.21. The van der Waals surface area contributed by atoms with Crippen molar-refractivity contribution in [2.75, 3.05) is 11.9 Å². The van der Waals surface area contributed by atoms with Gasteiger partial charge < -0.3 is 14.6 Å². The van der Waals surface area contributed by atoms with E-state index in [0.717, 1.165) is 39.1 Å². The van der Waals surface area contributed by atoms with Crippen molar-refractivity contribution in [2.24, 2.45) is 0 Å². The second-order valence-electron chi connectivity index (χ2n) is 9.68. The average Bonchev–Trinajstić information content (AvgIpc) is 3.33. The van der Waals surface area contributed by atoms with E-state index in [9.17, 15) is 4.79 Å². The van der Waals surface area contributed by atoms with E-state index in [2.05, 4.69) is 67.9 Å². The molecule has 4 rings (SSSR count). The number of fused-ring (bicyclic) bond motifs is 2. The molecule has 1 aliphatic carbocycles. The first-order valence-electron chi connectivity index (χ1n) is 11.2. The van der Waals surface area contributed by atoms with Gasteiger partial charge in [-0.25, -0.2) is 4.79 Å². The van der Waals surface area contributed by atoms with Crippen LogP contribution in [0, 0.1) is 0 Å². The molecule has 2 N–H and O–H groups in total. The van der Waals surface area contributed by atoms with E-state index in [1.165, 1.54) is 16.9 Å². The monoisotopic (exact) mass is 481 g/mol. The zero-order chi connectivity index (χ0) is 23.8. The van der Waals surface area contributed by atoms with E-state index in [4.69, 9.17) is 9.26 Å². The molecule has 0 bridgehead atoms. The number of hydroxylamine groups is 1. The average molecular weight is 482 g/mol. The summed E-state index contributed by atoms with van der Waals surface area (Å²) in [6, 6.07) is 8.17. The van der Waals surface area contributed by atoms with Crippen molar-refractivity contribution in [3.63, 3.8) is 0 Å². The zero-order valence-corrected chi connectivity index (χ0v) is 21.9. The van der Waals surface area contributed by atoms with Gasteiger partial charge >= 0.3 is 5.97 Å². The van der Waals surface area contributed by atoms with Crippen LogP contribution in [0.2, 0.25) is 18.1 Å². The predicted molar refractivity (Wildman–Crippen MR) is 138 cm³/mol. The number of hydrogen-bond donors (Lipinski definition) is 2. The minimum absolute atomic E-state index is 0.130. The van der Waals surface area contributed by atoms with Crippen LogP contribution in [0.5, 0.6) is 0 Å².